The number of piperidine rings is 1. The molecular weight excluding hydrogens is 492 g/mol. The fourth-order valence-electron chi connectivity index (χ4n) is 5.47. The molecule has 0 spiro atoms. The van der Waals surface area contributed by atoms with Gasteiger partial charge in [-0.05, 0) is 81.0 Å². The van der Waals surface area contributed by atoms with Crippen LogP contribution in [0.4, 0.5) is 8.78 Å². The minimum Gasteiger partial charge on any atom is -0.374 e. The first-order valence-electron chi connectivity index (χ1n) is 13.3. The van der Waals surface area contributed by atoms with E-state index in [0.29, 0.717) is 36.1 Å². The normalized spacial score (nSPS) is 19.4. The number of aromatic nitrogens is 2. The second-order valence-electron chi connectivity index (χ2n) is 10.2. The van der Waals surface area contributed by atoms with Crippen LogP contribution in [0.3, 0.4) is 0 Å². The van der Waals surface area contributed by atoms with E-state index in [1.165, 1.54) is 11.3 Å². The number of imidazole rings is 1. The molecule has 2 fully saturated rings. The summed E-state index contributed by atoms with van der Waals surface area (Å²) in [5.41, 5.74) is 3.63. The van der Waals surface area contributed by atoms with E-state index in [-0.39, 0.29) is 17.7 Å². The average Bonchev–Trinajstić information content (AvgIpc) is 3.64. The summed E-state index contributed by atoms with van der Waals surface area (Å²) in [5, 5.41) is 0. The number of ether oxygens (including phenoxy) is 1. The lowest BCUT2D eigenvalue weighted by Crippen LogP contribution is -2.35. The highest BCUT2D eigenvalue weighted by Gasteiger charge is 2.21. The molecule has 0 unspecified atom stereocenters. The van der Waals surface area contributed by atoms with E-state index >= 15 is 0 Å². The van der Waals surface area contributed by atoms with Crippen LogP contribution >= 0.6 is 11.3 Å². The monoisotopic (exact) mass is 523 g/mol. The molecule has 4 heterocycles. The maximum absolute atomic E-state index is 15.0. The van der Waals surface area contributed by atoms with Crippen molar-refractivity contribution in [3.8, 4) is 11.3 Å². The predicted octanol–water partition coefficient (Wildman–Crippen LogP) is 6.99. The van der Waals surface area contributed by atoms with Crippen molar-refractivity contribution in [1.82, 2.24) is 14.3 Å². The lowest BCUT2D eigenvalue weighted by molar-refractivity contribution is 0.0976. The number of rotatable bonds is 8. The number of alkyl halides is 1. The molecule has 2 aliphatic heterocycles. The van der Waals surface area contributed by atoms with E-state index in [1.807, 2.05) is 34.9 Å². The van der Waals surface area contributed by atoms with Crippen LogP contribution in [-0.2, 0) is 4.74 Å². The number of ketones is 1. The summed E-state index contributed by atoms with van der Waals surface area (Å²) < 4.78 is 36.9. The first-order valence-corrected chi connectivity index (χ1v) is 14.1. The van der Waals surface area contributed by atoms with Crippen molar-refractivity contribution in [2.45, 2.75) is 57.2 Å². The van der Waals surface area contributed by atoms with Crippen LogP contribution in [0.2, 0.25) is 0 Å². The summed E-state index contributed by atoms with van der Waals surface area (Å²) in [6, 6.07) is 11.1. The van der Waals surface area contributed by atoms with E-state index in [2.05, 4.69) is 9.88 Å². The van der Waals surface area contributed by atoms with Crippen LogP contribution in [-0.4, -0.2) is 52.5 Å². The third kappa shape index (κ3) is 5.19. The fraction of sp³-hybridized carbons (Fsp3) is 0.448. The predicted molar refractivity (Wildman–Crippen MR) is 143 cm³/mol. The second kappa shape index (κ2) is 10.6. The van der Waals surface area contributed by atoms with Gasteiger partial charge >= 0.3 is 0 Å². The van der Waals surface area contributed by atoms with E-state index in [1.54, 1.807) is 12.1 Å². The van der Waals surface area contributed by atoms with Crippen molar-refractivity contribution in [3.63, 3.8) is 0 Å². The fourth-order valence-corrected chi connectivity index (χ4v) is 6.52. The molecule has 1 atom stereocenters. The van der Waals surface area contributed by atoms with Crippen LogP contribution in [0.1, 0.15) is 67.0 Å². The summed E-state index contributed by atoms with van der Waals surface area (Å²) in [5.74, 6) is -0.146. The number of Topliss-reactive ketones (excluding diaryl/α,β-unsaturated/α-hetero) is 1. The number of unbranched alkanes of at least 4 members (excludes halogenated alkanes) is 1. The van der Waals surface area contributed by atoms with E-state index in [9.17, 15) is 13.6 Å². The third-order valence-electron chi connectivity index (χ3n) is 7.63. The molecular formula is C29H31F2N3O2S. The topological polar surface area (TPSA) is 46.8 Å². The zero-order valence-corrected chi connectivity index (χ0v) is 21.6. The molecule has 6 rings (SSSR count). The Kier molecular flexibility index (Phi) is 7.06. The van der Waals surface area contributed by atoms with Gasteiger partial charge in [0.1, 0.15) is 12.0 Å². The molecule has 0 amide bonds. The summed E-state index contributed by atoms with van der Waals surface area (Å²) in [7, 11) is 0. The van der Waals surface area contributed by atoms with Gasteiger partial charge in [0.2, 0.25) is 0 Å². The number of nitrogens with zero attached hydrogens (tertiary/aromatic N) is 3. The van der Waals surface area contributed by atoms with Gasteiger partial charge in [0.15, 0.2) is 10.7 Å². The number of thiazole rings is 1. The van der Waals surface area contributed by atoms with Crippen molar-refractivity contribution in [3.05, 3.63) is 59.5 Å². The van der Waals surface area contributed by atoms with Crippen molar-refractivity contribution < 1.29 is 18.3 Å². The molecule has 37 heavy (non-hydrogen) atoms. The van der Waals surface area contributed by atoms with Gasteiger partial charge in [-0.3, -0.25) is 9.20 Å². The quantitative estimate of drug-likeness (QED) is 0.184. The van der Waals surface area contributed by atoms with Gasteiger partial charge in [-0.25, -0.2) is 13.8 Å². The average molecular weight is 524 g/mol. The van der Waals surface area contributed by atoms with Crippen LogP contribution in [0, 0.1) is 5.82 Å². The summed E-state index contributed by atoms with van der Waals surface area (Å²) in [6.07, 6.45) is 6.68. The highest BCUT2D eigenvalue weighted by molar-refractivity contribution is 7.23. The third-order valence-corrected chi connectivity index (χ3v) is 8.65. The Morgan fingerprint density at radius 1 is 1.11 bits per heavy atom. The zero-order valence-electron chi connectivity index (χ0n) is 20.8. The highest BCUT2D eigenvalue weighted by atomic mass is 32.1. The van der Waals surface area contributed by atoms with Crippen LogP contribution in [0.5, 0.6) is 0 Å². The van der Waals surface area contributed by atoms with Crippen LogP contribution in [0.25, 0.3) is 26.4 Å². The summed E-state index contributed by atoms with van der Waals surface area (Å²) >= 11 is 1.51. The number of benzene rings is 2. The largest absolute Gasteiger partial charge is 0.374 e. The lowest BCUT2D eigenvalue weighted by atomic mass is 10.0. The molecule has 2 aliphatic rings. The lowest BCUT2D eigenvalue weighted by Gasteiger charge is -2.28. The SMILES string of the molecule is O=C(CCCCN1CCC(F)CC1)c1ccc2c(c1)sc1nc(-c3ccc([C@H]4CCCO4)cc3F)cn12. The Morgan fingerprint density at radius 3 is 2.76 bits per heavy atom. The van der Waals surface area contributed by atoms with Crippen molar-refractivity contribution in [1.29, 1.82) is 0 Å². The summed E-state index contributed by atoms with van der Waals surface area (Å²) in [4.78, 5) is 20.6. The molecule has 0 N–H and O–H groups in total. The van der Waals surface area contributed by atoms with Gasteiger partial charge in [-0.2, -0.15) is 0 Å². The number of carbonyl (C=O) groups excluding carboxylic acids is 1. The first-order chi connectivity index (χ1) is 18.0. The second-order valence-corrected chi connectivity index (χ2v) is 11.2. The van der Waals surface area contributed by atoms with Crippen molar-refractivity contribution in [2.24, 2.45) is 0 Å². The smallest absolute Gasteiger partial charge is 0.195 e. The van der Waals surface area contributed by atoms with E-state index in [0.717, 1.165) is 72.7 Å². The molecule has 0 aliphatic carbocycles. The Balaban J connectivity index is 1.12. The van der Waals surface area contributed by atoms with E-state index < -0.39 is 6.17 Å². The maximum atomic E-state index is 15.0. The number of hydrogen-bond acceptors (Lipinski definition) is 5. The summed E-state index contributed by atoms with van der Waals surface area (Å²) in [6.45, 7) is 3.30. The van der Waals surface area contributed by atoms with Gasteiger partial charge in [0.05, 0.1) is 22.0 Å². The zero-order chi connectivity index (χ0) is 25.4. The van der Waals surface area contributed by atoms with Crippen LogP contribution in [0.15, 0.2) is 42.6 Å². The standard InChI is InChI=1S/C29H31F2N3O2S/c30-21-10-13-33(14-11-21)12-2-1-4-26(35)19-7-9-25-28(17-19)37-29-32-24(18-34(25)29)22-8-6-20(16-23(22)31)27-5-3-15-36-27/h6-9,16-18,21,27H,1-5,10-15H2/t27-/m1/s1. The molecule has 2 aromatic heterocycles. The van der Waals surface area contributed by atoms with Gasteiger partial charge in [-0.1, -0.05) is 17.4 Å². The molecule has 0 bridgehead atoms. The van der Waals surface area contributed by atoms with Crippen molar-refractivity contribution >= 4 is 32.3 Å². The highest BCUT2D eigenvalue weighted by Crippen LogP contribution is 2.34. The van der Waals surface area contributed by atoms with Gasteiger partial charge in [0, 0.05) is 43.4 Å². The Morgan fingerprint density at radius 2 is 1.97 bits per heavy atom. The number of fused-ring (bicyclic) bond motifs is 3. The first kappa shape index (κ1) is 24.6. The molecule has 5 nitrogen and oxygen atoms in total. The molecule has 2 aromatic carbocycles. The molecule has 194 valence electrons. The van der Waals surface area contributed by atoms with E-state index in [4.69, 9.17) is 4.74 Å². The van der Waals surface area contributed by atoms with Gasteiger partial charge in [-0.15, -0.1) is 0 Å². The van der Waals surface area contributed by atoms with Gasteiger partial charge in [0.25, 0.3) is 0 Å². The molecule has 0 radical (unpaired) electrons. The maximum Gasteiger partial charge on any atom is 0.195 e. The number of carbonyl (C=O) groups is 1. The number of halogens is 2. The Bertz CT molecular complexity index is 1420. The number of hydrogen-bond donors (Lipinski definition) is 0. The van der Waals surface area contributed by atoms with Gasteiger partial charge < -0.3 is 9.64 Å². The number of likely N-dealkylation sites (tertiary alicyclic amines) is 1. The van der Waals surface area contributed by atoms with Crippen molar-refractivity contribution in [2.75, 3.05) is 26.2 Å². The molecule has 2 saturated heterocycles. The Labute approximate surface area is 219 Å². The Hall–Kier alpha value is -2.68. The molecule has 0 saturated carbocycles. The van der Waals surface area contributed by atoms with Crippen LogP contribution < -0.4 is 0 Å². The minimum absolute atomic E-state index is 0.0184. The molecule has 8 heteroatoms. The minimum atomic E-state index is -0.649. The molecule has 4 aromatic rings.